The average Bonchev–Trinajstić information content (AvgIpc) is 3.25. The molecule has 2 aromatic carbocycles. The second-order valence-corrected chi connectivity index (χ2v) is 8.10. The van der Waals surface area contributed by atoms with E-state index in [0.717, 1.165) is 40.2 Å². The number of aryl methyl sites for hydroxylation is 1. The van der Waals surface area contributed by atoms with Crippen LogP contribution in [0.2, 0.25) is 0 Å². The fourth-order valence-electron chi connectivity index (χ4n) is 2.81. The van der Waals surface area contributed by atoms with Crippen molar-refractivity contribution in [1.29, 1.82) is 0 Å². The number of nitrogens with zero attached hydrogens (tertiary/aromatic N) is 2. The van der Waals surface area contributed by atoms with Crippen LogP contribution >= 0.6 is 23.5 Å². The molecule has 1 aromatic heterocycles. The van der Waals surface area contributed by atoms with Gasteiger partial charge in [0.1, 0.15) is 0 Å². The van der Waals surface area contributed by atoms with Crippen molar-refractivity contribution >= 4 is 35.1 Å². The highest BCUT2D eigenvalue weighted by atomic mass is 32.2. The summed E-state index contributed by atoms with van der Waals surface area (Å²) in [4.78, 5) is 16.8. The molecule has 0 fully saturated rings. The third kappa shape index (κ3) is 4.14. The summed E-state index contributed by atoms with van der Waals surface area (Å²) in [6.07, 6.45) is 2.10. The van der Waals surface area contributed by atoms with E-state index >= 15 is 0 Å². The maximum Gasteiger partial charge on any atom is 0.234 e. The van der Waals surface area contributed by atoms with Crippen molar-refractivity contribution in [2.45, 2.75) is 17.5 Å². The minimum absolute atomic E-state index is 0.0241. The van der Waals surface area contributed by atoms with Crippen molar-refractivity contribution in [3.8, 4) is 11.3 Å². The molecule has 1 N–H and O–H groups in total. The summed E-state index contributed by atoms with van der Waals surface area (Å²) in [5, 5.41) is 4.05. The summed E-state index contributed by atoms with van der Waals surface area (Å²) in [6, 6.07) is 18.1. The summed E-state index contributed by atoms with van der Waals surface area (Å²) in [5.74, 6) is 2.42. The predicted molar refractivity (Wildman–Crippen MR) is 110 cm³/mol. The van der Waals surface area contributed by atoms with Gasteiger partial charge in [0.05, 0.1) is 11.4 Å². The maximum absolute atomic E-state index is 12.1. The van der Waals surface area contributed by atoms with Crippen LogP contribution in [0.25, 0.3) is 11.3 Å². The van der Waals surface area contributed by atoms with E-state index in [4.69, 9.17) is 0 Å². The summed E-state index contributed by atoms with van der Waals surface area (Å²) >= 11 is 3.41. The number of imidazole rings is 1. The molecule has 6 heteroatoms. The van der Waals surface area contributed by atoms with Crippen LogP contribution in [-0.2, 0) is 17.1 Å². The van der Waals surface area contributed by atoms with Gasteiger partial charge < -0.3 is 9.88 Å². The number of anilines is 1. The van der Waals surface area contributed by atoms with Crippen LogP contribution in [0.5, 0.6) is 0 Å². The number of thioether (sulfide) groups is 2. The van der Waals surface area contributed by atoms with Crippen LogP contribution in [0, 0.1) is 0 Å². The van der Waals surface area contributed by atoms with Crippen molar-refractivity contribution in [2.75, 3.05) is 16.8 Å². The largest absolute Gasteiger partial charge is 0.325 e. The van der Waals surface area contributed by atoms with E-state index in [1.54, 1.807) is 23.5 Å². The first-order valence-electron chi connectivity index (χ1n) is 8.50. The Balaban J connectivity index is 1.30. The second-order valence-electron chi connectivity index (χ2n) is 6.05. The Hall–Kier alpha value is -2.18. The normalized spacial score (nSPS) is 12.8. The molecule has 0 atom stereocenters. The molecule has 0 bridgehead atoms. The minimum Gasteiger partial charge on any atom is -0.325 e. The number of fused-ring (bicyclic) bond motifs is 1. The Morgan fingerprint density at radius 3 is 2.73 bits per heavy atom. The predicted octanol–water partition coefficient (Wildman–Crippen LogP) is 4.53. The van der Waals surface area contributed by atoms with Crippen molar-refractivity contribution in [3.63, 3.8) is 0 Å². The highest BCUT2D eigenvalue weighted by Gasteiger charge is 2.15. The number of amides is 1. The van der Waals surface area contributed by atoms with Gasteiger partial charge in [-0.05, 0) is 17.7 Å². The molecular formula is C20H19N3OS2. The quantitative estimate of drug-likeness (QED) is 0.682. The van der Waals surface area contributed by atoms with Gasteiger partial charge >= 0.3 is 0 Å². The van der Waals surface area contributed by atoms with Crippen molar-refractivity contribution in [2.24, 2.45) is 0 Å². The van der Waals surface area contributed by atoms with E-state index in [-0.39, 0.29) is 5.91 Å². The average molecular weight is 382 g/mol. The molecule has 3 aromatic rings. The summed E-state index contributed by atoms with van der Waals surface area (Å²) in [6.45, 7) is 1.03. The molecule has 0 radical (unpaired) electrons. The molecule has 4 rings (SSSR count). The molecule has 1 aliphatic heterocycles. The van der Waals surface area contributed by atoms with E-state index in [9.17, 15) is 4.79 Å². The molecular weight excluding hydrogens is 362 g/mol. The Morgan fingerprint density at radius 2 is 1.96 bits per heavy atom. The van der Waals surface area contributed by atoms with E-state index in [0.29, 0.717) is 5.75 Å². The lowest BCUT2D eigenvalue weighted by Gasteiger charge is -2.06. The van der Waals surface area contributed by atoms with Gasteiger partial charge in [0, 0.05) is 35.5 Å². The zero-order valence-electron chi connectivity index (χ0n) is 14.2. The SMILES string of the molecule is O=C(CSCc1ccccc1)Nc1ccc(-c2cn3c(n2)SCC3)cc1. The lowest BCUT2D eigenvalue weighted by atomic mass is 10.1. The van der Waals surface area contributed by atoms with E-state index < -0.39 is 0 Å². The molecule has 132 valence electrons. The molecule has 2 heterocycles. The summed E-state index contributed by atoms with van der Waals surface area (Å²) < 4.78 is 2.19. The summed E-state index contributed by atoms with van der Waals surface area (Å²) in [7, 11) is 0. The molecule has 4 nitrogen and oxygen atoms in total. The first-order valence-corrected chi connectivity index (χ1v) is 10.6. The van der Waals surface area contributed by atoms with Crippen LogP contribution in [0.3, 0.4) is 0 Å². The van der Waals surface area contributed by atoms with E-state index in [1.807, 2.05) is 42.5 Å². The third-order valence-electron chi connectivity index (χ3n) is 4.11. The first kappa shape index (κ1) is 17.2. The van der Waals surface area contributed by atoms with Crippen molar-refractivity contribution < 1.29 is 4.79 Å². The van der Waals surface area contributed by atoms with Crippen LogP contribution in [0.15, 0.2) is 66.0 Å². The number of benzene rings is 2. The first-order chi connectivity index (χ1) is 12.8. The van der Waals surface area contributed by atoms with Crippen LogP contribution in [-0.4, -0.2) is 27.0 Å². The Labute approximate surface area is 161 Å². The molecule has 0 unspecified atom stereocenters. The second kappa shape index (κ2) is 8.01. The molecule has 1 aliphatic rings. The number of nitrogens with one attached hydrogen (secondary N) is 1. The molecule has 0 saturated carbocycles. The topological polar surface area (TPSA) is 46.9 Å². The fraction of sp³-hybridized carbons (Fsp3) is 0.200. The van der Waals surface area contributed by atoms with Gasteiger partial charge in [-0.25, -0.2) is 4.98 Å². The smallest absolute Gasteiger partial charge is 0.234 e. The highest BCUT2D eigenvalue weighted by molar-refractivity contribution is 7.99. The standard InChI is InChI=1S/C20H19N3OS2/c24-19(14-25-13-15-4-2-1-3-5-15)21-17-8-6-16(7-9-17)18-12-23-10-11-26-20(23)22-18/h1-9,12H,10-11,13-14H2,(H,21,24). The van der Waals surface area contributed by atoms with Crippen LogP contribution in [0.4, 0.5) is 5.69 Å². The summed E-state index contributed by atoms with van der Waals surface area (Å²) in [5.41, 5.74) is 4.12. The molecule has 26 heavy (non-hydrogen) atoms. The maximum atomic E-state index is 12.1. The highest BCUT2D eigenvalue weighted by Crippen LogP contribution is 2.29. The van der Waals surface area contributed by atoms with Crippen LogP contribution in [0.1, 0.15) is 5.56 Å². The van der Waals surface area contributed by atoms with Gasteiger partial charge in [-0.15, -0.1) is 11.8 Å². The van der Waals surface area contributed by atoms with Gasteiger partial charge in [0.2, 0.25) is 5.91 Å². The molecule has 1 amide bonds. The minimum atomic E-state index is 0.0241. The van der Waals surface area contributed by atoms with E-state index in [1.165, 1.54) is 5.56 Å². The van der Waals surface area contributed by atoms with Gasteiger partial charge in [-0.2, -0.15) is 0 Å². The molecule has 0 spiro atoms. The Kier molecular flexibility index (Phi) is 5.32. The number of aromatic nitrogens is 2. The monoisotopic (exact) mass is 381 g/mol. The van der Waals surface area contributed by atoms with Gasteiger partial charge in [0.15, 0.2) is 5.16 Å². The van der Waals surface area contributed by atoms with E-state index in [2.05, 4.69) is 33.2 Å². The zero-order chi connectivity index (χ0) is 17.8. The number of rotatable bonds is 6. The number of hydrogen-bond acceptors (Lipinski definition) is 4. The lowest BCUT2D eigenvalue weighted by Crippen LogP contribution is -2.14. The Bertz CT molecular complexity index is 870. The van der Waals surface area contributed by atoms with Gasteiger partial charge in [0.25, 0.3) is 0 Å². The van der Waals surface area contributed by atoms with Crippen molar-refractivity contribution in [1.82, 2.24) is 9.55 Å². The fourth-order valence-corrected chi connectivity index (χ4v) is 4.54. The third-order valence-corrected chi connectivity index (χ3v) is 6.09. The van der Waals surface area contributed by atoms with Crippen LogP contribution < -0.4 is 5.32 Å². The number of carbonyl (C=O) groups excluding carboxylic acids is 1. The number of hydrogen-bond donors (Lipinski definition) is 1. The van der Waals surface area contributed by atoms with Gasteiger partial charge in [-0.1, -0.05) is 54.2 Å². The van der Waals surface area contributed by atoms with Gasteiger partial charge in [-0.3, -0.25) is 4.79 Å². The number of carbonyl (C=O) groups is 1. The Morgan fingerprint density at radius 1 is 1.15 bits per heavy atom. The molecule has 0 saturated heterocycles. The lowest BCUT2D eigenvalue weighted by molar-refractivity contribution is -0.113. The zero-order valence-corrected chi connectivity index (χ0v) is 15.9. The molecule has 0 aliphatic carbocycles. The van der Waals surface area contributed by atoms with Crippen molar-refractivity contribution in [3.05, 3.63) is 66.4 Å².